The number of hydrogen-bond donors (Lipinski definition) is 1. The molecule has 0 atom stereocenters. The minimum Gasteiger partial charge on any atom is -0.339 e. The maximum Gasteiger partial charge on any atom is 0.227 e. The third-order valence-electron chi connectivity index (χ3n) is 5.28. The average molecular weight is 408 g/mol. The van der Waals surface area contributed by atoms with Gasteiger partial charge in [-0.3, -0.25) is 9.69 Å². The van der Waals surface area contributed by atoms with E-state index in [-0.39, 0.29) is 23.7 Å². The molecule has 1 amide bonds. The predicted molar refractivity (Wildman–Crippen MR) is 112 cm³/mol. The number of carbonyl (C=O) groups is 1. The van der Waals surface area contributed by atoms with Crippen LogP contribution in [0.3, 0.4) is 0 Å². The van der Waals surface area contributed by atoms with Crippen molar-refractivity contribution in [1.29, 1.82) is 0 Å². The van der Waals surface area contributed by atoms with E-state index >= 15 is 0 Å². The molecule has 6 nitrogen and oxygen atoms in total. The van der Waals surface area contributed by atoms with Gasteiger partial charge in [0.05, 0.1) is 5.56 Å². The number of carbonyl (C=O) groups excluding carboxylic acids is 1. The van der Waals surface area contributed by atoms with E-state index in [1.807, 2.05) is 18.2 Å². The summed E-state index contributed by atoms with van der Waals surface area (Å²) in [4.78, 5) is 19.1. The molecule has 2 aromatic carbocycles. The van der Waals surface area contributed by atoms with Gasteiger partial charge in [-0.2, -0.15) is 4.98 Å². The average Bonchev–Trinajstić information content (AvgIpc) is 3.24. The highest BCUT2D eigenvalue weighted by Gasteiger charge is 2.15. The number of amides is 1. The van der Waals surface area contributed by atoms with Crippen molar-refractivity contribution in [2.24, 2.45) is 0 Å². The van der Waals surface area contributed by atoms with E-state index in [0.29, 0.717) is 12.3 Å². The van der Waals surface area contributed by atoms with Crippen molar-refractivity contribution < 1.29 is 13.7 Å². The number of aromatic nitrogens is 2. The Kier molecular flexibility index (Phi) is 6.49. The van der Waals surface area contributed by atoms with Gasteiger partial charge in [-0.05, 0) is 49.7 Å². The Labute approximate surface area is 175 Å². The van der Waals surface area contributed by atoms with Gasteiger partial charge in [0.25, 0.3) is 0 Å². The molecule has 30 heavy (non-hydrogen) atoms. The number of nitrogens with one attached hydrogen (secondary N) is 1. The van der Waals surface area contributed by atoms with Crippen molar-refractivity contribution in [3.63, 3.8) is 0 Å². The number of benzene rings is 2. The number of anilines is 1. The molecule has 1 aliphatic rings. The molecule has 3 aromatic rings. The summed E-state index contributed by atoms with van der Waals surface area (Å²) in [7, 11) is 0. The fourth-order valence-corrected chi connectivity index (χ4v) is 3.68. The normalized spacial score (nSPS) is 14.6. The molecule has 1 fully saturated rings. The second-order valence-electron chi connectivity index (χ2n) is 7.53. The summed E-state index contributed by atoms with van der Waals surface area (Å²) in [5.41, 5.74) is 2.24. The first-order valence-corrected chi connectivity index (χ1v) is 10.4. The van der Waals surface area contributed by atoms with Crippen molar-refractivity contribution in [3.05, 3.63) is 65.8 Å². The van der Waals surface area contributed by atoms with E-state index in [2.05, 4.69) is 26.4 Å². The van der Waals surface area contributed by atoms with Crippen LogP contribution in [0.4, 0.5) is 10.1 Å². The fraction of sp³-hybridized carbons (Fsp3) is 0.348. The van der Waals surface area contributed by atoms with Gasteiger partial charge < -0.3 is 9.84 Å². The number of rotatable bonds is 7. The SMILES string of the molecule is O=C(CCc1nc(-c2ccccc2F)no1)Nc1ccccc1CN1CCCCC1. The van der Waals surface area contributed by atoms with Gasteiger partial charge in [0.2, 0.25) is 17.6 Å². The molecule has 0 unspecified atom stereocenters. The molecule has 156 valence electrons. The van der Waals surface area contributed by atoms with Gasteiger partial charge in [0, 0.05) is 25.1 Å². The Morgan fingerprint density at radius 2 is 1.83 bits per heavy atom. The molecular formula is C23H25FN4O2. The van der Waals surface area contributed by atoms with Crippen LogP contribution < -0.4 is 5.32 Å². The predicted octanol–water partition coefficient (Wildman–Crippen LogP) is 4.43. The van der Waals surface area contributed by atoms with Gasteiger partial charge >= 0.3 is 0 Å². The van der Waals surface area contributed by atoms with E-state index in [9.17, 15) is 9.18 Å². The zero-order valence-corrected chi connectivity index (χ0v) is 16.8. The van der Waals surface area contributed by atoms with Crippen LogP contribution in [0.5, 0.6) is 0 Å². The van der Waals surface area contributed by atoms with Gasteiger partial charge in [-0.1, -0.05) is 41.9 Å². The van der Waals surface area contributed by atoms with Crippen LogP contribution in [-0.2, 0) is 17.8 Å². The number of piperidine rings is 1. The van der Waals surface area contributed by atoms with Crippen LogP contribution in [0.2, 0.25) is 0 Å². The summed E-state index contributed by atoms with van der Waals surface area (Å²) in [6.07, 6.45) is 4.25. The maximum atomic E-state index is 13.9. The third kappa shape index (κ3) is 5.10. The third-order valence-corrected chi connectivity index (χ3v) is 5.28. The molecule has 1 N–H and O–H groups in total. The number of hydrogen-bond acceptors (Lipinski definition) is 5. The molecule has 1 aromatic heterocycles. The molecule has 0 aliphatic carbocycles. The van der Waals surface area contributed by atoms with Crippen molar-refractivity contribution in [2.75, 3.05) is 18.4 Å². The van der Waals surface area contributed by atoms with Crippen LogP contribution in [-0.4, -0.2) is 34.0 Å². The lowest BCUT2D eigenvalue weighted by Crippen LogP contribution is -2.29. The standard InChI is InChI=1S/C23H25FN4O2/c24-19-10-4-3-9-18(19)23-26-22(30-27-23)13-12-21(29)25-20-11-5-2-8-17(20)16-28-14-6-1-7-15-28/h2-5,8-11H,1,6-7,12-16H2,(H,25,29). The molecule has 2 heterocycles. The highest BCUT2D eigenvalue weighted by Crippen LogP contribution is 2.21. The number of para-hydroxylation sites is 1. The van der Waals surface area contributed by atoms with E-state index in [0.717, 1.165) is 30.9 Å². The van der Waals surface area contributed by atoms with E-state index < -0.39 is 5.82 Å². The fourth-order valence-electron chi connectivity index (χ4n) is 3.68. The first-order chi connectivity index (χ1) is 14.7. The highest BCUT2D eigenvalue weighted by molar-refractivity contribution is 5.91. The van der Waals surface area contributed by atoms with Gasteiger partial charge in [0.15, 0.2) is 0 Å². The summed E-state index contributed by atoms with van der Waals surface area (Å²) in [5.74, 6) is -0.0277. The Morgan fingerprint density at radius 3 is 2.67 bits per heavy atom. The second-order valence-corrected chi connectivity index (χ2v) is 7.53. The summed E-state index contributed by atoms with van der Waals surface area (Å²) < 4.78 is 19.0. The Morgan fingerprint density at radius 1 is 1.07 bits per heavy atom. The molecule has 0 spiro atoms. The minimum atomic E-state index is -0.409. The van der Waals surface area contributed by atoms with Crippen molar-refractivity contribution in [1.82, 2.24) is 15.0 Å². The lowest BCUT2D eigenvalue weighted by Gasteiger charge is -2.27. The van der Waals surface area contributed by atoms with Crippen LogP contribution in [0.1, 0.15) is 37.1 Å². The zero-order valence-electron chi connectivity index (χ0n) is 16.8. The smallest absolute Gasteiger partial charge is 0.227 e. The lowest BCUT2D eigenvalue weighted by atomic mass is 10.1. The van der Waals surface area contributed by atoms with Crippen LogP contribution >= 0.6 is 0 Å². The summed E-state index contributed by atoms with van der Waals surface area (Å²) in [6.45, 7) is 3.04. The first kappa shape index (κ1) is 20.2. The number of aryl methyl sites for hydroxylation is 1. The quantitative estimate of drug-likeness (QED) is 0.626. The van der Waals surface area contributed by atoms with Crippen LogP contribution in [0.15, 0.2) is 53.1 Å². The van der Waals surface area contributed by atoms with E-state index in [4.69, 9.17) is 4.52 Å². The molecule has 1 saturated heterocycles. The van der Waals surface area contributed by atoms with Gasteiger partial charge in [-0.25, -0.2) is 4.39 Å². The molecule has 0 saturated carbocycles. The molecule has 0 radical (unpaired) electrons. The van der Waals surface area contributed by atoms with Crippen molar-refractivity contribution in [2.45, 2.75) is 38.6 Å². The molecule has 0 bridgehead atoms. The monoisotopic (exact) mass is 408 g/mol. The van der Waals surface area contributed by atoms with Gasteiger partial charge in [0.1, 0.15) is 5.82 Å². The molecule has 4 rings (SSSR count). The van der Waals surface area contributed by atoms with E-state index in [1.165, 1.54) is 25.3 Å². The Bertz CT molecular complexity index is 998. The number of halogens is 1. The lowest BCUT2D eigenvalue weighted by molar-refractivity contribution is -0.116. The summed E-state index contributed by atoms with van der Waals surface area (Å²) in [5, 5.41) is 6.83. The minimum absolute atomic E-state index is 0.119. The van der Waals surface area contributed by atoms with Crippen LogP contribution in [0, 0.1) is 5.82 Å². The Hall–Kier alpha value is -3.06. The zero-order chi connectivity index (χ0) is 20.8. The highest BCUT2D eigenvalue weighted by atomic mass is 19.1. The number of nitrogens with zero attached hydrogens (tertiary/aromatic N) is 3. The first-order valence-electron chi connectivity index (χ1n) is 10.4. The molecule has 1 aliphatic heterocycles. The summed E-state index contributed by atoms with van der Waals surface area (Å²) in [6, 6.07) is 14.2. The van der Waals surface area contributed by atoms with Gasteiger partial charge in [-0.15, -0.1) is 0 Å². The van der Waals surface area contributed by atoms with Crippen LogP contribution in [0.25, 0.3) is 11.4 Å². The van der Waals surface area contributed by atoms with Crippen molar-refractivity contribution in [3.8, 4) is 11.4 Å². The van der Waals surface area contributed by atoms with E-state index in [1.54, 1.807) is 18.2 Å². The maximum absolute atomic E-state index is 13.9. The second kappa shape index (κ2) is 9.63. The van der Waals surface area contributed by atoms with Crippen molar-refractivity contribution >= 4 is 11.6 Å². The topological polar surface area (TPSA) is 71.3 Å². The largest absolute Gasteiger partial charge is 0.339 e. The molecule has 7 heteroatoms. The Balaban J connectivity index is 1.34. The molecular weight excluding hydrogens is 383 g/mol. The number of likely N-dealkylation sites (tertiary alicyclic amines) is 1. The summed E-state index contributed by atoms with van der Waals surface area (Å²) >= 11 is 0.